The van der Waals surface area contributed by atoms with E-state index in [0.29, 0.717) is 11.3 Å². The van der Waals surface area contributed by atoms with E-state index in [0.717, 1.165) is 24.5 Å². The van der Waals surface area contributed by atoms with Gasteiger partial charge in [-0.3, -0.25) is 0 Å². The number of aryl methyl sites for hydroxylation is 1. The molecule has 1 aliphatic carbocycles. The van der Waals surface area contributed by atoms with Gasteiger partial charge in [0.05, 0.1) is 0 Å². The Labute approximate surface area is 123 Å². The van der Waals surface area contributed by atoms with E-state index in [1.54, 1.807) is 16.4 Å². The highest BCUT2D eigenvalue weighted by Gasteiger charge is 2.33. The lowest BCUT2D eigenvalue weighted by Crippen LogP contribution is -2.28. The zero-order chi connectivity index (χ0) is 13.9. The summed E-state index contributed by atoms with van der Waals surface area (Å²) in [5.74, 6) is 0. The Morgan fingerprint density at radius 2 is 2.25 bits per heavy atom. The molecule has 1 aromatic carbocycles. The van der Waals surface area contributed by atoms with Crippen molar-refractivity contribution in [3.8, 4) is 0 Å². The molecule has 0 amide bonds. The average Bonchev–Trinajstić information content (AvgIpc) is 3.01. The largest absolute Gasteiger partial charge is 0.309 e. The number of benzene rings is 1. The Morgan fingerprint density at radius 3 is 3.00 bits per heavy atom. The van der Waals surface area contributed by atoms with E-state index in [4.69, 9.17) is 0 Å². The van der Waals surface area contributed by atoms with E-state index >= 15 is 0 Å². The Bertz CT molecular complexity index is 582. The Kier molecular flexibility index (Phi) is 4.03. The fourth-order valence-electron chi connectivity index (χ4n) is 2.67. The predicted molar refractivity (Wildman–Crippen MR) is 79.6 cm³/mol. The Hall–Kier alpha value is -1.40. The number of hydrogen-bond donors (Lipinski definition) is 1. The molecule has 0 fully saturated rings. The standard InChI is InChI=1S/C14H19N5S/c1-3-8-15-13-11-7-5-4-6-10(11)9-12(13)20-14-16-17-18-19(14)2/h4-7,12-13,15H,3,8-9H2,1-2H3. The van der Waals surface area contributed by atoms with E-state index in [-0.39, 0.29) is 0 Å². The van der Waals surface area contributed by atoms with Crippen LogP contribution in [0.3, 0.4) is 0 Å². The number of fused-ring (bicyclic) bond motifs is 1. The van der Waals surface area contributed by atoms with Crippen LogP contribution in [-0.2, 0) is 13.5 Å². The molecule has 3 rings (SSSR count). The van der Waals surface area contributed by atoms with Crippen molar-refractivity contribution in [3.05, 3.63) is 35.4 Å². The number of nitrogens with zero attached hydrogens (tertiary/aromatic N) is 4. The molecule has 1 aliphatic rings. The molecule has 0 saturated heterocycles. The van der Waals surface area contributed by atoms with Crippen LogP contribution in [0, 0.1) is 0 Å². The molecule has 6 heteroatoms. The molecule has 0 radical (unpaired) electrons. The van der Waals surface area contributed by atoms with Gasteiger partial charge in [-0.05, 0) is 40.9 Å². The zero-order valence-corrected chi connectivity index (χ0v) is 12.6. The third-order valence-electron chi connectivity index (χ3n) is 3.64. The fraction of sp³-hybridized carbons (Fsp3) is 0.500. The fourth-order valence-corrected chi connectivity index (χ4v) is 3.85. The lowest BCUT2D eigenvalue weighted by atomic mass is 10.1. The molecule has 2 aromatic rings. The lowest BCUT2D eigenvalue weighted by molar-refractivity contribution is 0.537. The van der Waals surface area contributed by atoms with E-state index in [9.17, 15) is 0 Å². The third-order valence-corrected chi connectivity index (χ3v) is 4.93. The summed E-state index contributed by atoms with van der Waals surface area (Å²) in [7, 11) is 1.89. The normalized spacial score (nSPS) is 21.1. The second-order valence-electron chi connectivity index (χ2n) is 5.08. The number of hydrogen-bond acceptors (Lipinski definition) is 5. The lowest BCUT2D eigenvalue weighted by Gasteiger charge is -2.20. The molecule has 1 N–H and O–H groups in total. The minimum atomic E-state index is 0.382. The van der Waals surface area contributed by atoms with E-state index < -0.39 is 0 Å². The summed E-state index contributed by atoms with van der Waals surface area (Å²) >= 11 is 1.76. The summed E-state index contributed by atoms with van der Waals surface area (Å²) < 4.78 is 1.74. The summed E-state index contributed by atoms with van der Waals surface area (Å²) in [6, 6.07) is 9.08. The third kappa shape index (κ3) is 2.58. The van der Waals surface area contributed by atoms with Crippen molar-refractivity contribution in [1.29, 1.82) is 0 Å². The maximum absolute atomic E-state index is 4.09. The number of nitrogens with one attached hydrogen (secondary N) is 1. The van der Waals surface area contributed by atoms with Crippen molar-refractivity contribution in [1.82, 2.24) is 25.5 Å². The van der Waals surface area contributed by atoms with Gasteiger partial charge in [-0.15, -0.1) is 5.10 Å². The SMILES string of the molecule is CCCNC1c2ccccc2CC1Sc1nnnn1C. The number of thioether (sulfide) groups is 1. The van der Waals surface area contributed by atoms with Gasteiger partial charge in [0.2, 0.25) is 5.16 Å². The topological polar surface area (TPSA) is 55.6 Å². The second-order valence-corrected chi connectivity index (χ2v) is 6.28. The van der Waals surface area contributed by atoms with Gasteiger partial charge in [0.15, 0.2) is 0 Å². The maximum Gasteiger partial charge on any atom is 0.209 e. The molecular weight excluding hydrogens is 270 g/mol. The average molecular weight is 289 g/mol. The molecule has 20 heavy (non-hydrogen) atoms. The highest BCUT2D eigenvalue weighted by molar-refractivity contribution is 7.99. The van der Waals surface area contributed by atoms with E-state index in [1.165, 1.54) is 11.1 Å². The van der Waals surface area contributed by atoms with E-state index in [1.807, 2.05) is 7.05 Å². The Morgan fingerprint density at radius 1 is 1.40 bits per heavy atom. The first-order chi connectivity index (χ1) is 9.79. The first-order valence-corrected chi connectivity index (χ1v) is 7.87. The number of aromatic nitrogens is 4. The van der Waals surface area contributed by atoms with Gasteiger partial charge in [0.25, 0.3) is 0 Å². The summed E-state index contributed by atoms with van der Waals surface area (Å²) in [4.78, 5) is 0. The van der Waals surface area contributed by atoms with Crippen LogP contribution in [0.15, 0.2) is 29.4 Å². The van der Waals surface area contributed by atoms with Crippen molar-refractivity contribution in [2.24, 2.45) is 7.05 Å². The van der Waals surface area contributed by atoms with Crippen LogP contribution in [0.4, 0.5) is 0 Å². The minimum Gasteiger partial charge on any atom is -0.309 e. The highest BCUT2D eigenvalue weighted by atomic mass is 32.2. The molecule has 1 heterocycles. The van der Waals surface area contributed by atoms with Crippen LogP contribution < -0.4 is 5.32 Å². The smallest absolute Gasteiger partial charge is 0.209 e. The summed E-state index contributed by atoms with van der Waals surface area (Å²) in [5.41, 5.74) is 2.86. The van der Waals surface area contributed by atoms with Gasteiger partial charge in [-0.1, -0.05) is 43.0 Å². The minimum absolute atomic E-state index is 0.382. The van der Waals surface area contributed by atoms with Gasteiger partial charge in [0, 0.05) is 18.3 Å². The molecular formula is C14H19N5S. The molecule has 0 spiro atoms. The van der Waals surface area contributed by atoms with Gasteiger partial charge in [0.1, 0.15) is 0 Å². The van der Waals surface area contributed by atoms with Crippen molar-refractivity contribution in [3.63, 3.8) is 0 Å². The molecule has 0 saturated carbocycles. The first-order valence-electron chi connectivity index (χ1n) is 6.99. The highest BCUT2D eigenvalue weighted by Crippen LogP contribution is 2.40. The van der Waals surface area contributed by atoms with Crippen molar-refractivity contribution in [2.75, 3.05) is 6.54 Å². The summed E-state index contributed by atoms with van der Waals surface area (Å²) in [6.07, 6.45) is 2.21. The Balaban J connectivity index is 1.82. The van der Waals surface area contributed by atoms with Gasteiger partial charge >= 0.3 is 0 Å². The van der Waals surface area contributed by atoms with E-state index in [2.05, 4.69) is 52.0 Å². The summed E-state index contributed by atoms with van der Waals surface area (Å²) in [5, 5.41) is 16.7. The van der Waals surface area contributed by atoms with Gasteiger partial charge in [-0.2, -0.15) is 0 Å². The van der Waals surface area contributed by atoms with Crippen LogP contribution in [0.5, 0.6) is 0 Å². The van der Waals surface area contributed by atoms with Gasteiger partial charge in [-0.25, -0.2) is 4.68 Å². The number of rotatable bonds is 5. The van der Waals surface area contributed by atoms with Gasteiger partial charge < -0.3 is 5.32 Å². The quantitative estimate of drug-likeness (QED) is 0.912. The first kappa shape index (κ1) is 13.6. The molecule has 5 nitrogen and oxygen atoms in total. The molecule has 2 atom stereocenters. The van der Waals surface area contributed by atoms with Crippen LogP contribution in [0.1, 0.15) is 30.5 Å². The molecule has 106 valence electrons. The van der Waals surface area contributed by atoms with Crippen molar-refractivity contribution in [2.45, 2.75) is 36.2 Å². The molecule has 0 bridgehead atoms. The molecule has 1 aromatic heterocycles. The number of tetrazole rings is 1. The van der Waals surface area contributed by atoms with Crippen LogP contribution in [0.25, 0.3) is 0 Å². The predicted octanol–water partition coefficient (Wildman–Crippen LogP) is 1.97. The molecule has 2 unspecified atom stereocenters. The van der Waals surface area contributed by atoms with Crippen LogP contribution >= 0.6 is 11.8 Å². The summed E-state index contributed by atoms with van der Waals surface area (Å²) in [6.45, 7) is 3.23. The van der Waals surface area contributed by atoms with Crippen molar-refractivity contribution < 1.29 is 0 Å². The second kappa shape index (κ2) is 5.93. The molecule has 0 aliphatic heterocycles. The van der Waals surface area contributed by atoms with Crippen LogP contribution in [-0.4, -0.2) is 32.0 Å². The maximum atomic E-state index is 4.09. The van der Waals surface area contributed by atoms with Crippen LogP contribution in [0.2, 0.25) is 0 Å². The zero-order valence-electron chi connectivity index (χ0n) is 11.8. The van der Waals surface area contributed by atoms with Crippen molar-refractivity contribution >= 4 is 11.8 Å². The monoisotopic (exact) mass is 289 g/mol.